The van der Waals surface area contributed by atoms with Gasteiger partial charge in [-0.05, 0) is 12.5 Å². The van der Waals surface area contributed by atoms with Crippen LogP contribution in [-0.4, -0.2) is 15.2 Å². The van der Waals surface area contributed by atoms with Crippen molar-refractivity contribution in [1.82, 2.24) is 15.2 Å². The Labute approximate surface area is 82.4 Å². The third-order valence-corrected chi connectivity index (χ3v) is 2.00. The van der Waals surface area contributed by atoms with E-state index in [1.807, 2.05) is 0 Å². The molecule has 4 nitrogen and oxygen atoms in total. The Morgan fingerprint density at radius 2 is 2.07 bits per heavy atom. The molecular weight excluding hydrogens is 176 g/mol. The molecule has 0 aliphatic rings. The molecule has 2 rings (SSSR count). The van der Waals surface area contributed by atoms with Crippen LogP contribution in [-0.2, 0) is 6.54 Å². The molecule has 0 saturated carbocycles. The molecule has 0 amide bonds. The predicted octanol–water partition coefficient (Wildman–Crippen LogP) is 1.73. The molecule has 0 fully saturated rings. The van der Waals surface area contributed by atoms with E-state index in [4.69, 9.17) is 0 Å². The summed E-state index contributed by atoms with van der Waals surface area (Å²) in [4.78, 5) is 3.97. The standard InChI is InChI=1S/C10H12N4/c1-8-2-4-9(5-3-8)6-11-10-12-7-13-14-10/h2-5,7H,6H2,1H3,(H2,11,12,13,14). The van der Waals surface area contributed by atoms with Gasteiger partial charge >= 0.3 is 0 Å². The van der Waals surface area contributed by atoms with Gasteiger partial charge in [-0.2, -0.15) is 5.10 Å². The average molecular weight is 188 g/mol. The van der Waals surface area contributed by atoms with E-state index >= 15 is 0 Å². The van der Waals surface area contributed by atoms with Crippen LogP contribution in [0.2, 0.25) is 0 Å². The van der Waals surface area contributed by atoms with Gasteiger partial charge < -0.3 is 5.32 Å². The molecule has 4 heteroatoms. The number of aromatic nitrogens is 3. The minimum Gasteiger partial charge on any atom is -0.351 e. The zero-order valence-electron chi connectivity index (χ0n) is 7.99. The lowest BCUT2D eigenvalue weighted by Gasteiger charge is -2.02. The quantitative estimate of drug-likeness (QED) is 0.771. The molecule has 0 unspecified atom stereocenters. The molecule has 72 valence electrons. The number of hydrogen-bond acceptors (Lipinski definition) is 3. The van der Waals surface area contributed by atoms with Crippen molar-refractivity contribution in [2.24, 2.45) is 0 Å². The third-order valence-electron chi connectivity index (χ3n) is 2.00. The molecule has 0 radical (unpaired) electrons. The van der Waals surface area contributed by atoms with E-state index in [-0.39, 0.29) is 0 Å². The highest BCUT2D eigenvalue weighted by Crippen LogP contribution is 2.04. The number of nitrogens with zero attached hydrogens (tertiary/aromatic N) is 2. The van der Waals surface area contributed by atoms with E-state index in [0.29, 0.717) is 5.95 Å². The summed E-state index contributed by atoms with van der Waals surface area (Å²) in [6.45, 7) is 2.84. The fraction of sp³-hybridized carbons (Fsp3) is 0.200. The molecule has 14 heavy (non-hydrogen) atoms. The highest BCUT2D eigenvalue weighted by atomic mass is 15.3. The van der Waals surface area contributed by atoms with Crippen LogP contribution in [0.3, 0.4) is 0 Å². The maximum Gasteiger partial charge on any atom is 0.218 e. The first kappa shape index (κ1) is 8.74. The maximum absolute atomic E-state index is 3.97. The van der Waals surface area contributed by atoms with Crippen LogP contribution >= 0.6 is 0 Å². The van der Waals surface area contributed by atoms with E-state index in [1.165, 1.54) is 17.5 Å². The van der Waals surface area contributed by atoms with Gasteiger partial charge in [0.2, 0.25) is 5.95 Å². The fourth-order valence-corrected chi connectivity index (χ4v) is 1.18. The second kappa shape index (κ2) is 3.91. The summed E-state index contributed by atoms with van der Waals surface area (Å²) < 4.78 is 0. The molecule has 0 aliphatic carbocycles. The highest BCUT2D eigenvalue weighted by molar-refractivity contribution is 5.27. The minimum atomic E-state index is 0.700. The van der Waals surface area contributed by atoms with Gasteiger partial charge in [0.15, 0.2) is 0 Å². The van der Waals surface area contributed by atoms with Crippen molar-refractivity contribution in [3.8, 4) is 0 Å². The Morgan fingerprint density at radius 3 is 2.71 bits per heavy atom. The number of benzene rings is 1. The van der Waals surface area contributed by atoms with Crippen LogP contribution < -0.4 is 5.32 Å². The van der Waals surface area contributed by atoms with Crippen LogP contribution in [0, 0.1) is 6.92 Å². The van der Waals surface area contributed by atoms with Crippen LogP contribution in [0.5, 0.6) is 0 Å². The Morgan fingerprint density at radius 1 is 1.29 bits per heavy atom. The van der Waals surface area contributed by atoms with Crippen LogP contribution in [0.1, 0.15) is 11.1 Å². The SMILES string of the molecule is Cc1ccc(CNc2ncn[nH]2)cc1. The fourth-order valence-electron chi connectivity index (χ4n) is 1.18. The first-order chi connectivity index (χ1) is 6.84. The number of nitrogens with one attached hydrogen (secondary N) is 2. The summed E-state index contributed by atoms with van der Waals surface area (Å²) in [6.07, 6.45) is 1.48. The summed E-state index contributed by atoms with van der Waals surface area (Å²) in [5, 5.41) is 9.63. The number of aromatic amines is 1. The number of hydrogen-bond donors (Lipinski definition) is 2. The topological polar surface area (TPSA) is 53.6 Å². The summed E-state index contributed by atoms with van der Waals surface area (Å²) in [5.74, 6) is 0.700. The second-order valence-corrected chi connectivity index (χ2v) is 3.17. The van der Waals surface area contributed by atoms with Gasteiger partial charge in [-0.1, -0.05) is 29.8 Å². The molecule has 0 bridgehead atoms. The minimum absolute atomic E-state index is 0.700. The molecule has 1 heterocycles. The van der Waals surface area contributed by atoms with Crippen molar-refractivity contribution in [1.29, 1.82) is 0 Å². The van der Waals surface area contributed by atoms with Crippen LogP contribution in [0.15, 0.2) is 30.6 Å². The lowest BCUT2D eigenvalue weighted by molar-refractivity contribution is 1.04. The summed E-state index contributed by atoms with van der Waals surface area (Å²) in [7, 11) is 0. The molecular formula is C10H12N4. The van der Waals surface area contributed by atoms with E-state index in [2.05, 4.69) is 51.7 Å². The molecule has 2 N–H and O–H groups in total. The van der Waals surface area contributed by atoms with Crippen molar-refractivity contribution in [2.45, 2.75) is 13.5 Å². The van der Waals surface area contributed by atoms with Crippen LogP contribution in [0.4, 0.5) is 5.95 Å². The normalized spacial score (nSPS) is 10.1. The molecule has 2 aromatic rings. The molecule has 0 atom stereocenters. The van der Waals surface area contributed by atoms with E-state index < -0.39 is 0 Å². The average Bonchev–Trinajstić information content (AvgIpc) is 2.70. The van der Waals surface area contributed by atoms with Gasteiger partial charge in [-0.3, -0.25) is 0 Å². The first-order valence-electron chi connectivity index (χ1n) is 4.49. The molecule has 1 aromatic carbocycles. The highest BCUT2D eigenvalue weighted by Gasteiger charge is 1.94. The molecule has 0 saturated heterocycles. The summed E-state index contributed by atoms with van der Waals surface area (Å²) >= 11 is 0. The Bertz CT molecular complexity index is 377. The monoisotopic (exact) mass is 188 g/mol. The number of anilines is 1. The maximum atomic E-state index is 3.97. The first-order valence-corrected chi connectivity index (χ1v) is 4.49. The van der Waals surface area contributed by atoms with Gasteiger partial charge in [0.05, 0.1) is 0 Å². The Balaban J connectivity index is 1.95. The number of rotatable bonds is 3. The lowest BCUT2D eigenvalue weighted by Crippen LogP contribution is -2.00. The largest absolute Gasteiger partial charge is 0.351 e. The van der Waals surface area contributed by atoms with Crippen molar-refractivity contribution >= 4 is 5.95 Å². The Hall–Kier alpha value is -1.84. The molecule has 0 spiro atoms. The van der Waals surface area contributed by atoms with Crippen molar-refractivity contribution in [3.05, 3.63) is 41.7 Å². The summed E-state index contributed by atoms with van der Waals surface area (Å²) in [5.41, 5.74) is 2.50. The zero-order chi connectivity index (χ0) is 9.80. The van der Waals surface area contributed by atoms with Gasteiger partial charge in [-0.15, -0.1) is 0 Å². The van der Waals surface area contributed by atoms with E-state index in [1.54, 1.807) is 0 Å². The summed E-state index contributed by atoms with van der Waals surface area (Å²) in [6, 6.07) is 8.38. The van der Waals surface area contributed by atoms with Gasteiger partial charge in [0.25, 0.3) is 0 Å². The van der Waals surface area contributed by atoms with Crippen molar-refractivity contribution < 1.29 is 0 Å². The molecule has 0 aliphatic heterocycles. The van der Waals surface area contributed by atoms with Crippen molar-refractivity contribution in [3.63, 3.8) is 0 Å². The predicted molar refractivity (Wildman–Crippen MR) is 54.9 cm³/mol. The smallest absolute Gasteiger partial charge is 0.218 e. The van der Waals surface area contributed by atoms with Gasteiger partial charge in [-0.25, -0.2) is 10.1 Å². The van der Waals surface area contributed by atoms with Gasteiger partial charge in [0.1, 0.15) is 6.33 Å². The second-order valence-electron chi connectivity index (χ2n) is 3.17. The van der Waals surface area contributed by atoms with E-state index in [0.717, 1.165) is 6.54 Å². The van der Waals surface area contributed by atoms with Crippen LogP contribution in [0.25, 0.3) is 0 Å². The zero-order valence-corrected chi connectivity index (χ0v) is 7.99. The number of H-pyrrole nitrogens is 1. The van der Waals surface area contributed by atoms with Gasteiger partial charge in [0, 0.05) is 6.54 Å². The number of aryl methyl sites for hydroxylation is 1. The molecule has 1 aromatic heterocycles. The van der Waals surface area contributed by atoms with E-state index in [9.17, 15) is 0 Å². The third kappa shape index (κ3) is 2.10. The Kier molecular flexibility index (Phi) is 2.44. The van der Waals surface area contributed by atoms with Crippen molar-refractivity contribution in [2.75, 3.05) is 5.32 Å². The lowest BCUT2D eigenvalue weighted by atomic mass is 10.1.